The van der Waals surface area contributed by atoms with Gasteiger partial charge in [0.25, 0.3) is 5.91 Å². The molecule has 0 aromatic heterocycles. The van der Waals surface area contributed by atoms with E-state index in [1.54, 1.807) is 35.2 Å². The quantitative estimate of drug-likeness (QED) is 0.343. The molecule has 1 fully saturated rings. The molecule has 0 N–H and O–H groups in total. The third-order valence-corrected chi connectivity index (χ3v) is 7.34. The number of halogens is 3. The van der Waals surface area contributed by atoms with Crippen LogP contribution in [0.25, 0.3) is 0 Å². The molecule has 0 saturated carbocycles. The first-order valence-corrected chi connectivity index (χ1v) is 13.0. The van der Waals surface area contributed by atoms with Gasteiger partial charge < -0.3 is 13.8 Å². The van der Waals surface area contributed by atoms with Crippen LogP contribution in [0.2, 0.25) is 10.0 Å². The minimum absolute atomic E-state index is 0.00124. The molecule has 0 aliphatic carbocycles. The largest absolute Gasteiger partial charge is 0.379 e. The summed E-state index contributed by atoms with van der Waals surface area (Å²) in [5.74, 6) is -0.902. The number of carbonyl (C=O) groups excluding carboxylic acids is 1. The van der Waals surface area contributed by atoms with Gasteiger partial charge in [-0.25, -0.2) is 4.39 Å². The molecule has 1 aliphatic rings. The van der Waals surface area contributed by atoms with E-state index < -0.39 is 15.9 Å². The zero-order valence-electron chi connectivity index (χ0n) is 18.5. The maximum atomic E-state index is 13.5. The van der Waals surface area contributed by atoms with E-state index in [4.69, 9.17) is 32.1 Å². The van der Waals surface area contributed by atoms with Gasteiger partial charge in [-0.2, -0.15) is 8.42 Å². The first kappa shape index (κ1) is 25.4. The molecule has 3 aromatic rings. The molecule has 1 heterocycles. The molecule has 6 nitrogen and oxygen atoms in total. The SMILES string of the molecule is O=C(c1ccccc1Cl)N(Cc1cc(Cl)ccc1OS(=O)(=O)c1ccc(F)cc1)CC1CCCO1. The number of rotatable bonds is 8. The van der Waals surface area contributed by atoms with E-state index in [0.717, 1.165) is 37.1 Å². The first-order valence-electron chi connectivity index (χ1n) is 10.9. The fraction of sp³-hybridized carbons (Fsp3) is 0.240. The maximum Gasteiger partial charge on any atom is 0.339 e. The van der Waals surface area contributed by atoms with Gasteiger partial charge in [0.15, 0.2) is 0 Å². The van der Waals surface area contributed by atoms with Gasteiger partial charge >= 0.3 is 10.1 Å². The standard InChI is InChI=1S/C25H22Cl2FNO5S/c26-18-7-12-24(34-35(31,32)21-10-8-19(28)9-11-21)17(14-18)15-29(16-20-4-3-13-33-20)25(30)22-5-1-2-6-23(22)27/h1-2,5-12,14,20H,3-4,13,15-16H2. The van der Waals surface area contributed by atoms with E-state index in [1.807, 2.05) is 0 Å². The summed E-state index contributed by atoms with van der Waals surface area (Å²) in [6, 6.07) is 15.4. The van der Waals surface area contributed by atoms with Gasteiger partial charge in [0.05, 0.1) is 16.7 Å². The summed E-state index contributed by atoms with van der Waals surface area (Å²) in [6.45, 7) is 0.889. The Hall–Kier alpha value is -2.65. The highest BCUT2D eigenvalue weighted by molar-refractivity contribution is 7.87. The summed E-state index contributed by atoms with van der Waals surface area (Å²) in [6.07, 6.45) is 1.53. The summed E-state index contributed by atoms with van der Waals surface area (Å²) in [4.78, 5) is 14.8. The molecule has 0 bridgehead atoms. The van der Waals surface area contributed by atoms with Crippen LogP contribution in [0.3, 0.4) is 0 Å². The lowest BCUT2D eigenvalue weighted by molar-refractivity contribution is 0.0506. The van der Waals surface area contributed by atoms with Crippen molar-refractivity contribution in [1.82, 2.24) is 4.90 Å². The second-order valence-corrected chi connectivity index (χ2v) is 10.4. The number of nitrogens with zero attached hydrogens (tertiary/aromatic N) is 1. The smallest absolute Gasteiger partial charge is 0.339 e. The zero-order chi connectivity index (χ0) is 25.0. The molecule has 3 aromatic carbocycles. The van der Waals surface area contributed by atoms with Crippen molar-refractivity contribution in [1.29, 1.82) is 0 Å². The summed E-state index contributed by atoms with van der Waals surface area (Å²) in [7, 11) is -4.26. The summed E-state index contributed by atoms with van der Waals surface area (Å²) < 4.78 is 50.0. The lowest BCUT2D eigenvalue weighted by atomic mass is 10.1. The first-order chi connectivity index (χ1) is 16.7. The van der Waals surface area contributed by atoms with E-state index in [9.17, 15) is 17.6 Å². The fourth-order valence-corrected chi connectivity index (χ4v) is 5.16. The van der Waals surface area contributed by atoms with Crippen molar-refractivity contribution in [2.45, 2.75) is 30.4 Å². The van der Waals surface area contributed by atoms with Crippen LogP contribution < -0.4 is 4.18 Å². The third kappa shape index (κ3) is 6.32. The van der Waals surface area contributed by atoms with Crippen LogP contribution in [0.15, 0.2) is 71.6 Å². The minimum Gasteiger partial charge on any atom is -0.379 e. The van der Waals surface area contributed by atoms with Gasteiger partial charge in [-0.15, -0.1) is 0 Å². The fourth-order valence-electron chi connectivity index (χ4n) is 3.78. The Labute approximate surface area is 213 Å². The van der Waals surface area contributed by atoms with Crippen molar-refractivity contribution in [2.75, 3.05) is 13.2 Å². The molecule has 35 heavy (non-hydrogen) atoms. The van der Waals surface area contributed by atoms with Gasteiger partial charge in [0.2, 0.25) is 0 Å². The third-order valence-electron chi connectivity index (χ3n) is 5.53. The van der Waals surface area contributed by atoms with Crippen LogP contribution in [0.5, 0.6) is 5.75 Å². The molecule has 184 valence electrons. The van der Waals surface area contributed by atoms with E-state index in [0.29, 0.717) is 27.8 Å². The number of carbonyl (C=O) groups is 1. The molecular weight excluding hydrogens is 516 g/mol. The average molecular weight is 538 g/mol. The number of hydrogen-bond donors (Lipinski definition) is 0. The second kappa shape index (κ2) is 11.0. The Kier molecular flexibility index (Phi) is 7.96. The molecular formula is C25H22Cl2FNO5S. The number of hydrogen-bond acceptors (Lipinski definition) is 5. The van der Waals surface area contributed by atoms with Gasteiger partial charge in [-0.3, -0.25) is 4.79 Å². The van der Waals surface area contributed by atoms with Crippen molar-refractivity contribution in [3.05, 3.63) is 93.7 Å². The number of benzene rings is 3. The Morgan fingerprint density at radius 1 is 1.09 bits per heavy atom. The van der Waals surface area contributed by atoms with E-state index in [1.165, 1.54) is 12.1 Å². The molecule has 0 spiro atoms. The van der Waals surface area contributed by atoms with Crippen LogP contribution in [0.4, 0.5) is 4.39 Å². The van der Waals surface area contributed by atoms with Crippen molar-refractivity contribution in [2.24, 2.45) is 0 Å². The normalized spacial score (nSPS) is 15.7. The number of amides is 1. The highest BCUT2D eigenvalue weighted by Gasteiger charge is 2.27. The predicted octanol–water partition coefficient (Wildman–Crippen LogP) is 5.72. The van der Waals surface area contributed by atoms with Crippen LogP contribution in [-0.4, -0.2) is 38.5 Å². The van der Waals surface area contributed by atoms with E-state index >= 15 is 0 Å². The van der Waals surface area contributed by atoms with Crippen LogP contribution in [-0.2, 0) is 21.4 Å². The van der Waals surface area contributed by atoms with Gasteiger partial charge in [-0.1, -0.05) is 35.3 Å². The Bertz CT molecular complexity index is 1310. The molecule has 1 aliphatic heterocycles. The maximum absolute atomic E-state index is 13.5. The van der Waals surface area contributed by atoms with E-state index in [-0.39, 0.29) is 35.7 Å². The molecule has 1 amide bonds. The Morgan fingerprint density at radius 2 is 1.83 bits per heavy atom. The lowest BCUT2D eigenvalue weighted by Crippen LogP contribution is -2.37. The topological polar surface area (TPSA) is 72.9 Å². The molecule has 1 saturated heterocycles. The molecule has 1 unspecified atom stereocenters. The summed E-state index contributed by atoms with van der Waals surface area (Å²) in [5, 5.41) is 0.644. The molecule has 10 heteroatoms. The number of ether oxygens (including phenoxy) is 1. The molecule has 4 rings (SSSR count). The highest BCUT2D eigenvalue weighted by atomic mass is 35.5. The Morgan fingerprint density at radius 3 is 2.51 bits per heavy atom. The molecule has 1 atom stereocenters. The minimum atomic E-state index is -4.26. The van der Waals surface area contributed by atoms with Crippen molar-refractivity contribution >= 4 is 39.2 Å². The van der Waals surface area contributed by atoms with Crippen LogP contribution in [0, 0.1) is 5.82 Å². The van der Waals surface area contributed by atoms with Crippen molar-refractivity contribution in [3.63, 3.8) is 0 Å². The summed E-state index contributed by atoms with van der Waals surface area (Å²) >= 11 is 12.5. The monoisotopic (exact) mass is 537 g/mol. The Balaban J connectivity index is 1.66. The van der Waals surface area contributed by atoms with E-state index in [2.05, 4.69) is 0 Å². The molecule has 0 radical (unpaired) electrons. The second-order valence-electron chi connectivity index (χ2n) is 8.04. The van der Waals surface area contributed by atoms with Crippen molar-refractivity contribution in [3.8, 4) is 5.75 Å². The van der Waals surface area contributed by atoms with Gasteiger partial charge in [0.1, 0.15) is 16.5 Å². The lowest BCUT2D eigenvalue weighted by Gasteiger charge is -2.27. The highest BCUT2D eigenvalue weighted by Crippen LogP contribution is 2.29. The predicted molar refractivity (Wildman–Crippen MR) is 131 cm³/mol. The van der Waals surface area contributed by atoms with Gasteiger partial charge in [0, 0.05) is 30.3 Å². The van der Waals surface area contributed by atoms with Crippen LogP contribution in [0.1, 0.15) is 28.8 Å². The van der Waals surface area contributed by atoms with Gasteiger partial charge in [-0.05, 0) is 67.4 Å². The van der Waals surface area contributed by atoms with Crippen molar-refractivity contribution < 1.29 is 26.5 Å². The summed E-state index contributed by atoms with van der Waals surface area (Å²) in [5.41, 5.74) is 0.692. The van der Waals surface area contributed by atoms with Crippen LogP contribution >= 0.6 is 23.2 Å². The average Bonchev–Trinajstić information content (AvgIpc) is 3.34. The zero-order valence-corrected chi connectivity index (χ0v) is 20.8.